The number of para-hydroxylation sites is 3. The lowest BCUT2D eigenvalue weighted by atomic mass is 9.88. The monoisotopic (exact) mass is 638 g/mol. The Hall–Kier alpha value is -5.74. The van der Waals surface area contributed by atoms with E-state index >= 15 is 0 Å². The van der Waals surface area contributed by atoms with Crippen LogP contribution in [0.1, 0.15) is 60.5 Å². The van der Waals surface area contributed by atoms with Gasteiger partial charge in [-0.2, -0.15) is 0 Å². The standard InChI is InChI=1S/C45H37N3O/c1-26(2)36-24-30(29-14-7-6-8-15-29)25-37(27(3)4)42(36)48-40-21-12-11-20-38(40)47-45(48)35-19-13-18-33-34-22-23-39-41(44(34)49-43(33)35)32-17-10-9-16-31(32)28(5)46-39/h6-27H,1-5H3/i5D3. The molecular formula is C45H37N3O. The molecule has 0 amide bonds. The van der Waals surface area contributed by atoms with Gasteiger partial charge in [0.05, 0.1) is 33.2 Å². The van der Waals surface area contributed by atoms with Crippen LogP contribution in [0.15, 0.2) is 126 Å². The highest BCUT2D eigenvalue weighted by Crippen LogP contribution is 2.44. The van der Waals surface area contributed by atoms with Gasteiger partial charge in [0.15, 0.2) is 0 Å². The molecule has 49 heavy (non-hydrogen) atoms. The number of hydrogen-bond donors (Lipinski definition) is 0. The van der Waals surface area contributed by atoms with E-state index in [2.05, 4.69) is 111 Å². The molecule has 0 saturated carbocycles. The quantitative estimate of drug-likeness (QED) is 0.176. The van der Waals surface area contributed by atoms with Crippen LogP contribution in [0, 0.1) is 6.85 Å². The minimum atomic E-state index is -2.36. The number of benzene rings is 6. The Morgan fingerprint density at radius 2 is 1.27 bits per heavy atom. The molecule has 0 saturated heterocycles. The van der Waals surface area contributed by atoms with Crippen molar-refractivity contribution in [2.75, 3.05) is 0 Å². The van der Waals surface area contributed by atoms with Crippen molar-refractivity contribution < 1.29 is 8.53 Å². The second-order valence-corrected chi connectivity index (χ2v) is 13.6. The summed E-state index contributed by atoms with van der Waals surface area (Å²) in [7, 11) is 0. The summed E-state index contributed by atoms with van der Waals surface area (Å²) in [6.45, 7) is 6.69. The summed E-state index contributed by atoms with van der Waals surface area (Å²) in [6.07, 6.45) is 0. The van der Waals surface area contributed by atoms with Gasteiger partial charge in [-0.3, -0.25) is 9.55 Å². The number of aryl methyl sites for hydroxylation is 1. The molecule has 9 rings (SSSR count). The maximum atomic E-state index is 8.22. The molecular weight excluding hydrogens is 599 g/mol. The zero-order valence-electron chi connectivity index (χ0n) is 31.0. The third kappa shape index (κ3) is 4.51. The topological polar surface area (TPSA) is 43.9 Å². The number of fused-ring (bicyclic) bond motifs is 8. The minimum absolute atomic E-state index is 0.0978. The normalized spacial score (nSPS) is 13.3. The lowest BCUT2D eigenvalue weighted by Crippen LogP contribution is -2.09. The average Bonchev–Trinajstić information content (AvgIpc) is 3.72. The Morgan fingerprint density at radius 3 is 2.02 bits per heavy atom. The third-order valence-corrected chi connectivity index (χ3v) is 9.87. The van der Waals surface area contributed by atoms with Gasteiger partial charge in [-0.05, 0) is 88.8 Å². The number of aromatic nitrogens is 3. The molecule has 0 aliphatic heterocycles. The lowest BCUT2D eigenvalue weighted by molar-refractivity contribution is 0.673. The zero-order valence-corrected chi connectivity index (χ0v) is 28.0. The number of rotatable bonds is 5. The van der Waals surface area contributed by atoms with Crippen molar-refractivity contribution in [3.8, 4) is 28.2 Å². The summed E-state index contributed by atoms with van der Waals surface area (Å²) in [5, 5.41) is 4.12. The molecule has 6 aromatic carbocycles. The smallest absolute Gasteiger partial charge is 0.149 e. The Morgan fingerprint density at radius 1 is 0.592 bits per heavy atom. The minimum Gasteiger partial charge on any atom is -0.455 e. The molecule has 3 heterocycles. The summed E-state index contributed by atoms with van der Waals surface area (Å²) in [5.74, 6) is 1.28. The van der Waals surface area contributed by atoms with E-state index in [1.54, 1.807) is 0 Å². The van der Waals surface area contributed by atoms with E-state index in [-0.39, 0.29) is 17.5 Å². The molecule has 0 spiro atoms. The van der Waals surface area contributed by atoms with E-state index < -0.39 is 6.85 Å². The van der Waals surface area contributed by atoms with E-state index in [1.165, 1.54) is 22.3 Å². The fourth-order valence-corrected chi connectivity index (χ4v) is 7.52. The van der Waals surface area contributed by atoms with E-state index in [0.717, 1.165) is 55.2 Å². The molecule has 0 bridgehead atoms. The van der Waals surface area contributed by atoms with Crippen molar-refractivity contribution in [2.45, 2.75) is 46.4 Å². The fraction of sp³-hybridized carbons (Fsp3) is 0.156. The molecule has 0 aliphatic carbocycles. The number of imidazole rings is 1. The maximum absolute atomic E-state index is 8.22. The summed E-state index contributed by atoms with van der Waals surface area (Å²) in [6, 6.07) is 41.4. The molecule has 9 aromatic rings. The molecule has 0 fully saturated rings. The summed E-state index contributed by atoms with van der Waals surface area (Å²) in [5.41, 5.74) is 11.0. The first kappa shape index (κ1) is 26.2. The van der Waals surface area contributed by atoms with Gasteiger partial charge in [0, 0.05) is 26.0 Å². The summed E-state index contributed by atoms with van der Waals surface area (Å²) < 4.78 is 34.0. The van der Waals surface area contributed by atoms with Gasteiger partial charge in [-0.15, -0.1) is 0 Å². The van der Waals surface area contributed by atoms with Crippen LogP contribution >= 0.6 is 0 Å². The highest BCUT2D eigenvalue weighted by Gasteiger charge is 2.26. The molecule has 0 atom stereocenters. The number of nitrogens with zero attached hydrogens (tertiary/aromatic N) is 3. The number of pyridine rings is 1. The predicted octanol–water partition coefficient (Wildman–Crippen LogP) is 12.5. The van der Waals surface area contributed by atoms with Crippen molar-refractivity contribution in [2.24, 2.45) is 0 Å². The van der Waals surface area contributed by atoms with Crippen LogP contribution < -0.4 is 0 Å². The molecule has 4 heteroatoms. The van der Waals surface area contributed by atoms with E-state index in [4.69, 9.17) is 18.5 Å². The lowest BCUT2D eigenvalue weighted by Gasteiger charge is -2.24. The van der Waals surface area contributed by atoms with E-state index in [9.17, 15) is 0 Å². The van der Waals surface area contributed by atoms with Gasteiger partial charge in [-0.1, -0.05) is 107 Å². The Labute approximate surface area is 289 Å². The summed E-state index contributed by atoms with van der Waals surface area (Å²) >= 11 is 0. The number of furan rings is 1. The summed E-state index contributed by atoms with van der Waals surface area (Å²) in [4.78, 5) is 10.0. The van der Waals surface area contributed by atoms with Gasteiger partial charge in [0.2, 0.25) is 0 Å². The van der Waals surface area contributed by atoms with Crippen molar-refractivity contribution >= 4 is 54.6 Å². The molecule has 4 nitrogen and oxygen atoms in total. The van der Waals surface area contributed by atoms with Crippen LogP contribution in [0.2, 0.25) is 0 Å². The molecule has 0 N–H and O–H groups in total. The van der Waals surface area contributed by atoms with Crippen LogP contribution in [-0.2, 0) is 0 Å². The fourth-order valence-electron chi connectivity index (χ4n) is 7.52. The third-order valence-electron chi connectivity index (χ3n) is 9.87. The Kier molecular flexibility index (Phi) is 5.98. The molecule has 0 aliphatic rings. The predicted molar refractivity (Wildman–Crippen MR) is 205 cm³/mol. The number of hydrogen-bond acceptors (Lipinski definition) is 3. The highest BCUT2D eigenvalue weighted by molar-refractivity contribution is 6.23. The van der Waals surface area contributed by atoms with Crippen molar-refractivity contribution in [3.63, 3.8) is 0 Å². The molecule has 238 valence electrons. The van der Waals surface area contributed by atoms with E-state index in [0.29, 0.717) is 16.5 Å². The zero-order chi connectivity index (χ0) is 35.9. The van der Waals surface area contributed by atoms with E-state index in [1.807, 2.05) is 42.5 Å². The Balaban J connectivity index is 1.37. The maximum Gasteiger partial charge on any atom is 0.149 e. The second kappa shape index (κ2) is 11.2. The molecule has 0 radical (unpaired) electrons. The first-order chi connectivity index (χ1) is 25.1. The largest absolute Gasteiger partial charge is 0.455 e. The highest BCUT2D eigenvalue weighted by atomic mass is 16.3. The van der Waals surface area contributed by atoms with Crippen molar-refractivity contribution in [1.82, 2.24) is 14.5 Å². The average molecular weight is 639 g/mol. The van der Waals surface area contributed by atoms with Gasteiger partial charge in [-0.25, -0.2) is 4.98 Å². The molecule has 0 unspecified atom stereocenters. The molecule has 3 aromatic heterocycles. The van der Waals surface area contributed by atoms with Gasteiger partial charge < -0.3 is 4.42 Å². The first-order valence-electron chi connectivity index (χ1n) is 18.5. The van der Waals surface area contributed by atoms with Crippen LogP contribution in [0.3, 0.4) is 0 Å². The Bertz CT molecular complexity index is 2820. The first-order valence-corrected chi connectivity index (χ1v) is 17.0. The SMILES string of the molecule is [2H]C([2H])([2H])c1nc2ccc3c4cccc(-c5nc6ccccc6n5-c5c(C(C)C)cc(-c6ccccc6)cc5C(C)C)c4oc3c2c2ccccc12. The van der Waals surface area contributed by atoms with Crippen LogP contribution in [0.5, 0.6) is 0 Å². The van der Waals surface area contributed by atoms with Crippen LogP contribution in [-0.4, -0.2) is 14.5 Å². The van der Waals surface area contributed by atoms with Gasteiger partial charge >= 0.3 is 0 Å². The van der Waals surface area contributed by atoms with Crippen LogP contribution in [0.25, 0.3) is 82.8 Å². The van der Waals surface area contributed by atoms with Crippen molar-refractivity contribution in [1.29, 1.82) is 0 Å². The second-order valence-electron chi connectivity index (χ2n) is 13.6. The van der Waals surface area contributed by atoms with Crippen LogP contribution in [0.4, 0.5) is 0 Å². The van der Waals surface area contributed by atoms with Gasteiger partial charge in [0.25, 0.3) is 0 Å². The van der Waals surface area contributed by atoms with Gasteiger partial charge in [0.1, 0.15) is 17.0 Å². The van der Waals surface area contributed by atoms with Crippen molar-refractivity contribution in [3.05, 3.63) is 138 Å².